The van der Waals surface area contributed by atoms with Gasteiger partial charge in [0, 0.05) is 12.8 Å². The average Bonchev–Trinajstić information content (AvgIpc) is 2.27. The van der Waals surface area contributed by atoms with Crippen molar-refractivity contribution in [2.75, 3.05) is 0 Å². The van der Waals surface area contributed by atoms with Crippen molar-refractivity contribution in [2.45, 2.75) is 52.9 Å². The molecule has 0 aliphatic heterocycles. The molecule has 0 saturated carbocycles. The van der Waals surface area contributed by atoms with Crippen molar-refractivity contribution in [2.24, 2.45) is 11.1 Å². The lowest BCUT2D eigenvalue weighted by molar-refractivity contribution is -0.140. The maximum atomic E-state index is 10.6. The molecule has 90 valence electrons. The molecule has 0 rings (SSSR count). The Labute approximate surface area is 97.3 Å². The van der Waals surface area contributed by atoms with Gasteiger partial charge >= 0.3 is 5.97 Å². The summed E-state index contributed by atoms with van der Waals surface area (Å²) in [7, 11) is 0. The molecule has 0 saturated heterocycles. The summed E-state index contributed by atoms with van der Waals surface area (Å²) in [4.78, 5) is 15.2. The van der Waals surface area contributed by atoms with Gasteiger partial charge in [0.2, 0.25) is 0 Å². The Morgan fingerprint density at radius 3 is 2.56 bits per heavy atom. The first-order chi connectivity index (χ1) is 7.63. The second kappa shape index (κ2) is 8.90. The maximum absolute atomic E-state index is 10.6. The molecule has 0 radical (unpaired) electrons. The Hall–Kier alpha value is -1.37. The number of nitriles is 1. The van der Waals surface area contributed by atoms with Crippen molar-refractivity contribution in [3.63, 3.8) is 0 Å². The van der Waals surface area contributed by atoms with Crippen LogP contribution in [0.25, 0.3) is 0 Å². The van der Waals surface area contributed by atoms with E-state index in [4.69, 9.17) is 5.26 Å². The van der Waals surface area contributed by atoms with E-state index >= 15 is 0 Å². The van der Waals surface area contributed by atoms with E-state index in [9.17, 15) is 4.79 Å². The molecule has 0 amide bonds. The number of carbonyl (C=O) groups excluding carboxylic acids is 1. The summed E-state index contributed by atoms with van der Waals surface area (Å²) in [5.74, 6) is -0.324. The Morgan fingerprint density at radius 2 is 2.12 bits per heavy atom. The number of nitrogens with zero attached hydrogens (tertiary/aromatic N) is 2. The average molecular weight is 224 g/mol. The van der Waals surface area contributed by atoms with Crippen LogP contribution in [-0.4, -0.2) is 11.7 Å². The maximum Gasteiger partial charge on any atom is 0.331 e. The van der Waals surface area contributed by atoms with Gasteiger partial charge in [-0.3, -0.25) is 0 Å². The largest absolute Gasteiger partial charge is 0.331 e. The minimum absolute atomic E-state index is 0.0825. The van der Waals surface area contributed by atoms with Gasteiger partial charge in [-0.25, -0.2) is 4.79 Å². The third-order valence-electron chi connectivity index (χ3n) is 2.31. The van der Waals surface area contributed by atoms with Gasteiger partial charge in [0.1, 0.15) is 0 Å². The van der Waals surface area contributed by atoms with Crippen LogP contribution >= 0.6 is 0 Å². The zero-order valence-corrected chi connectivity index (χ0v) is 10.3. The highest BCUT2D eigenvalue weighted by Gasteiger charge is 2.08. The molecule has 0 fully saturated rings. The van der Waals surface area contributed by atoms with Gasteiger partial charge in [0.25, 0.3) is 0 Å². The molecule has 1 atom stereocenters. The summed E-state index contributed by atoms with van der Waals surface area (Å²) in [6.45, 7) is 5.35. The predicted molar refractivity (Wildman–Crippen MR) is 62.7 cm³/mol. The summed E-state index contributed by atoms with van der Waals surface area (Å²) in [5.41, 5.74) is 0.839. The van der Waals surface area contributed by atoms with Crippen molar-refractivity contribution < 1.29 is 9.63 Å². The Morgan fingerprint density at radius 1 is 1.44 bits per heavy atom. The van der Waals surface area contributed by atoms with Gasteiger partial charge in [0.05, 0.1) is 11.8 Å². The van der Waals surface area contributed by atoms with E-state index in [0.717, 1.165) is 37.8 Å². The zero-order valence-electron chi connectivity index (χ0n) is 10.3. The molecule has 0 N–H and O–H groups in total. The van der Waals surface area contributed by atoms with E-state index in [1.54, 1.807) is 0 Å². The second-order valence-corrected chi connectivity index (χ2v) is 3.75. The van der Waals surface area contributed by atoms with Crippen LogP contribution < -0.4 is 0 Å². The van der Waals surface area contributed by atoms with Crippen molar-refractivity contribution in [3.8, 4) is 6.07 Å². The Bertz CT molecular complexity index is 279. The van der Waals surface area contributed by atoms with Crippen LogP contribution in [0.5, 0.6) is 0 Å². The number of hydrogen-bond acceptors (Lipinski definition) is 4. The van der Waals surface area contributed by atoms with Gasteiger partial charge in [-0.05, 0) is 25.7 Å². The molecule has 0 aliphatic carbocycles. The van der Waals surface area contributed by atoms with Crippen LogP contribution in [-0.2, 0) is 9.63 Å². The van der Waals surface area contributed by atoms with Crippen molar-refractivity contribution in [1.29, 1.82) is 5.26 Å². The lowest BCUT2D eigenvalue weighted by Crippen LogP contribution is -2.05. The molecule has 0 aliphatic rings. The monoisotopic (exact) mass is 224 g/mol. The SMILES string of the molecule is CCCC(C#N)CC/C(CC)=N/OC(C)=O. The van der Waals surface area contributed by atoms with E-state index in [0.29, 0.717) is 0 Å². The molecule has 0 aromatic carbocycles. The molecular weight excluding hydrogens is 204 g/mol. The van der Waals surface area contributed by atoms with Crippen LogP contribution in [0.1, 0.15) is 52.9 Å². The molecule has 1 unspecified atom stereocenters. The summed E-state index contributed by atoms with van der Waals surface area (Å²) in [5, 5.41) is 12.7. The van der Waals surface area contributed by atoms with Crippen LogP contribution in [0.2, 0.25) is 0 Å². The van der Waals surface area contributed by atoms with E-state index in [-0.39, 0.29) is 5.92 Å². The van der Waals surface area contributed by atoms with Crippen molar-refractivity contribution >= 4 is 11.7 Å². The van der Waals surface area contributed by atoms with Gasteiger partial charge in [0.15, 0.2) is 0 Å². The fourth-order valence-corrected chi connectivity index (χ4v) is 1.38. The highest BCUT2D eigenvalue weighted by Crippen LogP contribution is 2.13. The molecule has 0 aromatic rings. The molecule has 0 aromatic heterocycles. The molecule has 0 bridgehead atoms. The van der Waals surface area contributed by atoms with E-state index in [1.807, 2.05) is 6.92 Å². The van der Waals surface area contributed by atoms with E-state index in [1.165, 1.54) is 6.92 Å². The fourth-order valence-electron chi connectivity index (χ4n) is 1.38. The topological polar surface area (TPSA) is 62.4 Å². The normalized spacial score (nSPS) is 13.0. The van der Waals surface area contributed by atoms with Crippen molar-refractivity contribution in [1.82, 2.24) is 0 Å². The molecular formula is C12H20N2O2. The first-order valence-corrected chi connectivity index (χ1v) is 5.76. The first-order valence-electron chi connectivity index (χ1n) is 5.76. The lowest BCUT2D eigenvalue weighted by Gasteiger charge is -2.07. The Kier molecular flexibility index (Phi) is 8.14. The van der Waals surface area contributed by atoms with E-state index in [2.05, 4.69) is 23.0 Å². The quantitative estimate of drug-likeness (QED) is 0.379. The van der Waals surface area contributed by atoms with E-state index < -0.39 is 5.97 Å². The standard InChI is InChI=1S/C12H20N2O2/c1-4-6-11(9-13)7-8-12(5-2)14-16-10(3)15/h11H,4-8H2,1-3H3/b14-12+. The highest BCUT2D eigenvalue weighted by atomic mass is 16.7. The van der Waals surface area contributed by atoms with Gasteiger partial charge in [-0.2, -0.15) is 5.26 Å². The van der Waals surface area contributed by atoms with Crippen LogP contribution in [0.4, 0.5) is 0 Å². The van der Waals surface area contributed by atoms with Gasteiger partial charge in [-0.1, -0.05) is 25.4 Å². The fraction of sp³-hybridized carbons (Fsp3) is 0.750. The summed E-state index contributed by atoms with van der Waals surface area (Å²) in [6.07, 6.45) is 4.19. The van der Waals surface area contributed by atoms with Gasteiger partial charge < -0.3 is 4.84 Å². The smallest absolute Gasteiger partial charge is 0.319 e. The molecule has 4 heteroatoms. The summed E-state index contributed by atoms with van der Waals surface area (Å²) >= 11 is 0. The molecule has 4 nitrogen and oxygen atoms in total. The molecule has 0 spiro atoms. The minimum Gasteiger partial charge on any atom is -0.319 e. The second-order valence-electron chi connectivity index (χ2n) is 3.75. The Balaban J connectivity index is 4.08. The third-order valence-corrected chi connectivity index (χ3v) is 2.31. The zero-order chi connectivity index (χ0) is 12.4. The number of oxime groups is 1. The number of hydrogen-bond donors (Lipinski definition) is 0. The number of carbonyl (C=O) groups is 1. The predicted octanol–water partition coefficient (Wildman–Crippen LogP) is 3.04. The lowest BCUT2D eigenvalue weighted by atomic mass is 9.97. The summed E-state index contributed by atoms with van der Waals surface area (Å²) < 4.78 is 0. The van der Waals surface area contributed by atoms with Crippen LogP contribution in [0, 0.1) is 17.2 Å². The number of rotatable bonds is 7. The van der Waals surface area contributed by atoms with Crippen molar-refractivity contribution in [3.05, 3.63) is 0 Å². The van der Waals surface area contributed by atoms with Crippen LogP contribution in [0.15, 0.2) is 5.16 Å². The van der Waals surface area contributed by atoms with Gasteiger partial charge in [-0.15, -0.1) is 0 Å². The third kappa shape index (κ3) is 6.99. The van der Waals surface area contributed by atoms with Crippen LogP contribution in [0.3, 0.4) is 0 Å². The minimum atomic E-state index is -0.406. The molecule has 0 heterocycles. The summed E-state index contributed by atoms with van der Waals surface area (Å²) in [6, 6.07) is 2.28. The first kappa shape index (κ1) is 14.6. The molecule has 16 heavy (non-hydrogen) atoms. The highest BCUT2D eigenvalue weighted by molar-refractivity contribution is 5.84.